The van der Waals surface area contributed by atoms with Crippen LogP contribution in [-0.2, 0) is 7.05 Å². The Labute approximate surface area is 169 Å². The lowest BCUT2D eigenvalue weighted by atomic mass is 10.1. The molecule has 30 heavy (non-hydrogen) atoms. The number of nitrogens with zero attached hydrogens (tertiary/aromatic N) is 3. The minimum atomic E-state index is -1.07. The van der Waals surface area contributed by atoms with Crippen LogP contribution in [0.15, 0.2) is 64.3 Å². The fourth-order valence-corrected chi connectivity index (χ4v) is 3.28. The molecule has 0 aliphatic rings. The molecule has 0 radical (unpaired) electrons. The second kappa shape index (κ2) is 7.41. The van der Waals surface area contributed by atoms with E-state index in [9.17, 15) is 18.4 Å². The number of rotatable bonds is 1. The number of halogens is 2. The molecule has 0 bridgehead atoms. The fourth-order valence-electron chi connectivity index (χ4n) is 3.28. The quantitative estimate of drug-likeness (QED) is 0.459. The Morgan fingerprint density at radius 3 is 2.23 bits per heavy atom. The minimum absolute atomic E-state index is 0.0520. The van der Waals surface area contributed by atoms with Gasteiger partial charge in [-0.1, -0.05) is 30.0 Å². The first kappa shape index (κ1) is 19.3. The molecule has 4 rings (SSSR count). The first-order valence-electron chi connectivity index (χ1n) is 9.02. The normalized spacial score (nSPS) is 10.7. The Morgan fingerprint density at radius 2 is 1.57 bits per heavy atom. The fraction of sp³-hybridized carbons (Fsp3) is 0.0870. The van der Waals surface area contributed by atoms with Gasteiger partial charge in [0.25, 0.3) is 5.56 Å². The van der Waals surface area contributed by atoms with Crippen LogP contribution in [0.2, 0.25) is 0 Å². The van der Waals surface area contributed by atoms with Crippen LogP contribution in [0.1, 0.15) is 16.7 Å². The number of hydrogen-bond acceptors (Lipinski definition) is 3. The van der Waals surface area contributed by atoms with Crippen LogP contribution in [0, 0.1) is 30.4 Å². The number of pyridine rings is 1. The molecule has 0 saturated heterocycles. The van der Waals surface area contributed by atoms with Gasteiger partial charge in [0.1, 0.15) is 5.69 Å². The number of hydrogen-bond donors (Lipinski definition) is 0. The lowest BCUT2D eigenvalue weighted by Crippen LogP contribution is -2.39. The summed E-state index contributed by atoms with van der Waals surface area (Å²) in [6.45, 7) is 1.72. The van der Waals surface area contributed by atoms with Gasteiger partial charge in [0.15, 0.2) is 17.2 Å². The van der Waals surface area contributed by atoms with Gasteiger partial charge < -0.3 is 0 Å². The molecule has 0 aliphatic heterocycles. The third-order valence-electron chi connectivity index (χ3n) is 4.71. The van der Waals surface area contributed by atoms with Crippen LogP contribution in [-0.4, -0.2) is 14.1 Å². The summed E-state index contributed by atoms with van der Waals surface area (Å²) in [7, 11) is 1.42. The molecule has 0 amide bonds. The highest BCUT2D eigenvalue weighted by Crippen LogP contribution is 2.19. The minimum Gasteiger partial charge on any atom is -0.294 e. The van der Waals surface area contributed by atoms with E-state index in [1.54, 1.807) is 37.3 Å². The Balaban J connectivity index is 1.93. The summed E-state index contributed by atoms with van der Waals surface area (Å²) in [4.78, 5) is 29.7. The van der Waals surface area contributed by atoms with E-state index >= 15 is 0 Å². The average molecular weight is 403 g/mol. The van der Waals surface area contributed by atoms with Crippen LogP contribution >= 0.6 is 0 Å². The number of benzene rings is 2. The molecule has 0 saturated carbocycles. The monoisotopic (exact) mass is 403 g/mol. The Morgan fingerprint density at radius 1 is 0.933 bits per heavy atom. The van der Waals surface area contributed by atoms with E-state index in [1.165, 1.54) is 13.2 Å². The summed E-state index contributed by atoms with van der Waals surface area (Å²) < 4.78 is 31.3. The van der Waals surface area contributed by atoms with Crippen LogP contribution < -0.4 is 11.2 Å². The topological polar surface area (TPSA) is 56.9 Å². The highest BCUT2D eigenvalue weighted by atomic mass is 19.1. The summed E-state index contributed by atoms with van der Waals surface area (Å²) in [5.41, 5.74) is -0.839. The summed E-state index contributed by atoms with van der Waals surface area (Å²) in [5, 5.41) is 0. The number of aromatic nitrogens is 3. The lowest BCUT2D eigenvalue weighted by molar-refractivity contribution is 0.558. The van der Waals surface area contributed by atoms with Crippen molar-refractivity contribution in [2.24, 2.45) is 7.05 Å². The lowest BCUT2D eigenvalue weighted by Gasteiger charge is -2.13. The molecule has 7 heteroatoms. The van der Waals surface area contributed by atoms with Gasteiger partial charge in [0, 0.05) is 24.4 Å². The predicted molar refractivity (Wildman–Crippen MR) is 110 cm³/mol. The van der Waals surface area contributed by atoms with Crippen molar-refractivity contribution >= 4 is 11.0 Å². The molecule has 2 aromatic carbocycles. The van der Waals surface area contributed by atoms with Crippen molar-refractivity contribution in [3.63, 3.8) is 0 Å². The molecule has 148 valence electrons. The molecule has 0 aliphatic carbocycles. The van der Waals surface area contributed by atoms with E-state index in [4.69, 9.17) is 0 Å². The molecule has 0 spiro atoms. The van der Waals surface area contributed by atoms with E-state index in [-0.39, 0.29) is 11.1 Å². The van der Waals surface area contributed by atoms with Gasteiger partial charge in [0.05, 0.1) is 5.52 Å². The van der Waals surface area contributed by atoms with Crippen LogP contribution in [0.25, 0.3) is 16.7 Å². The van der Waals surface area contributed by atoms with E-state index in [1.807, 2.05) is 6.07 Å². The SMILES string of the molecule is Cc1ccnc2c(=O)n(-c3c(F)cc(C#Cc4ccccc4)cc3F)c(=O)n(C)c12. The van der Waals surface area contributed by atoms with E-state index in [2.05, 4.69) is 16.8 Å². The van der Waals surface area contributed by atoms with Crippen LogP contribution in [0.3, 0.4) is 0 Å². The first-order chi connectivity index (χ1) is 14.4. The molecular weight excluding hydrogens is 388 g/mol. The smallest absolute Gasteiger partial charge is 0.294 e. The summed E-state index contributed by atoms with van der Waals surface area (Å²) in [6.07, 6.45) is 1.41. The van der Waals surface area contributed by atoms with E-state index in [0.717, 1.165) is 16.7 Å². The summed E-state index contributed by atoms with van der Waals surface area (Å²) in [6, 6.07) is 12.6. The maximum absolute atomic E-state index is 14.9. The second-order valence-electron chi connectivity index (χ2n) is 6.71. The highest BCUT2D eigenvalue weighted by molar-refractivity contribution is 5.77. The third-order valence-corrected chi connectivity index (χ3v) is 4.71. The molecule has 4 aromatic rings. The zero-order valence-electron chi connectivity index (χ0n) is 16.1. The maximum atomic E-state index is 14.9. The maximum Gasteiger partial charge on any atom is 0.336 e. The van der Waals surface area contributed by atoms with Crippen molar-refractivity contribution < 1.29 is 8.78 Å². The molecule has 0 unspecified atom stereocenters. The molecule has 0 N–H and O–H groups in total. The Hall–Kier alpha value is -4.05. The molecule has 0 fully saturated rings. The standard InChI is InChI=1S/C23H15F2N3O2/c1-14-10-11-26-19-20(14)27(2)23(30)28(22(19)29)21-17(24)12-16(13-18(21)25)9-8-15-6-4-3-5-7-15/h3-7,10-13H,1-2H3. The van der Waals surface area contributed by atoms with Gasteiger partial charge >= 0.3 is 5.69 Å². The van der Waals surface area contributed by atoms with Crippen molar-refractivity contribution in [1.29, 1.82) is 0 Å². The average Bonchev–Trinajstić information content (AvgIpc) is 2.73. The highest BCUT2D eigenvalue weighted by Gasteiger charge is 2.21. The van der Waals surface area contributed by atoms with Gasteiger partial charge in [0.2, 0.25) is 0 Å². The van der Waals surface area contributed by atoms with Crippen molar-refractivity contribution in [3.8, 4) is 17.5 Å². The van der Waals surface area contributed by atoms with Gasteiger partial charge in [-0.15, -0.1) is 0 Å². The van der Waals surface area contributed by atoms with Gasteiger partial charge in [-0.3, -0.25) is 9.36 Å². The second-order valence-corrected chi connectivity index (χ2v) is 6.71. The first-order valence-corrected chi connectivity index (χ1v) is 9.02. The summed E-state index contributed by atoms with van der Waals surface area (Å²) in [5.74, 6) is 3.35. The largest absolute Gasteiger partial charge is 0.336 e. The number of aryl methyl sites for hydroxylation is 2. The van der Waals surface area contributed by atoms with E-state index in [0.29, 0.717) is 21.2 Å². The van der Waals surface area contributed by atoms with Gasteiger partial charge in [-0.2, -0.15) is 0 Å². The van der Waals surface area contributed by atoms with Crippen molar-refractivity contribution in [3.05, 3.63) is 104 Å². The Kier molecular flexibility index (Phi) is 4.76. The molecular formula is C23H15F2N3O2. The third kappa shape index (κ3) is 3.18. The van der Waals surface area contributed by atoms with Crippen molar-refractivity contribution in [2.45, 2.75) is 6.92 Å². The zero-order valence-corrected chi connectivity index (χ0v) is 16.1. The van der Waals surface area contributed by atoms with Gasteiger partial charge in [-0.25, -0.2) is 23.1 Å². The van der Waals surface area contributed by atoms with Gasteiger partial charge in [-0.05, 0) is 42.8 Å². The number of fused-ring (bicyclic) bond motifs is 1. The molecule has 0 atom stereocenters. The Bertz CT molecular complexity index is 1450. The molecule has 2 aromatic heterocycles. The zero-order chi connectivity index (χ0) is 21.4. The molecule has 5 nitrogen and oxygen atoms in total. The van der Waals surface area contributed by atoms with Crippen molar-refractivity contribution in [1.82, 2.24) is 14.1 Å². The molecule has 2 heterocycles. The predicted octanol–water partition coefficient (Wildman–Crippen LogP) is 3.07. The van der Waals surface area contributed by atoms with E-state index < -0.39 is 28.6 Å². The van der Waals surface area contributed by atoms with Crippen LogP contribution in [0.4, 0.5) is 8.78 Å². The van der Waals surface area contributed by atoms with Crippen molar-refractivity contribution in [2.75, 3.05) is 0 Å². The summed E-state index contributed by atoms with van der Waals surface area (Å²) >= 11 is 0. The van der Waals surface area contributed by atoms with Crippen LogP contribution in [0.5, 0.6) is 0 Å².